The van der Waals surface area contributed by atoms with Gasteiger partial charge in [0.05, 0.1) is 4.90 Å². The summed E-state index contributed by atoms with van der Waals surface area (Å²) in [6.07, 6.45) is -0.614. The number of carbonyl (C=O) groups is 1. The molecule has 0 heterocycles. The summed E-state index contributed by atoms with van der Waals surface area (Å²) in [4.78, 5) is 12.5. The van der Waals surface area contributed by atoms with E-state index in [-0.39, 0.29) is 10.8 Å². The van der Waals surface area contributed by atoms with Crippen molar-refractivity contribution in [2.75, 3.05) is 5.32 Å². The first-order chi connectivity index (χ1) is 12.0. The van der Waals surface area contributed by atoms with E-state index in [9.17, 15) is 13.2 Å². The van der Waals surface area contributed by atoms with E-state index in [0.29, 0.717) is 11.3 Å². The van der Waals surface area contributed by atoms with Crippen LogP contribution in [0.3, 0.4) is 0 Å². The lowest BCUT2D eigenvalue weighted by Crippen LogP contribution is -2.48. The number of aryl methyl sites for hydroxylation is 1. The van der Waals surface area contributed by atoms with E-state index >= 15 is 0 Å². The van der Waals surface area contributed by atoms with Gasteiger partial charge >= 0.3 is 0 Å². The number of nitrogens with two attached hydrogens (primary N) is 1. The highest BCUT2D eigenvalue weighted by molar-refractivity contribution is 9.39. The minimum Gasteiger partial charge on any atom is -0.363 e. The molecule has 6 nitrogen and oxygen atoms in total. The molecule has 2 rings (SSSR count). The van der Waals surface area contributed by atoms with E-state index in [4.69, 9.17) is 5.14 Å². The van der Waals surface area contributed by atoms with Gasteiger partial charge in [-0.25, -0.2) is 13.6 Å². The first kappa shape index (κ1) is 21.4. The molecular formula is C16H16Br3N3O3S. The van der Waals surface area contributed by atoms with Crippen LogP contribution in [-0.2, 0) is 10.0 Å². The maximum Gasteiger partial charge on any atom is 0.252 e. The third kappa shape index (κ3) is 6.05. The SMILES string of the molecule is Cc1ccc(C(=O)N[C@@H](Nc2ccc(S(N)(=O)=O)cc2)C(Br)(Br)Br)cc1. The number of rotatable bonds is 5. The molecule has 0 unspecified atom stereocenters. The zero-order valence-electron chi connectivity index (χ0n) is 13.5. The van der Waals surface area contributed by atoms with Crippen molar-refractivity contribution in [3.63, 3.8) is 0 Å². The molecule has 0 saturated carbocycles. The Morgan fingerprint density at radius 2 is 1.58 bits per heavy atom. The molecule has 0 radical (unpaired) electrons. The minimum absolute atomic E-state index is 0.00563. The van der Waals surface area contributed by atoms with Gasteiger partial charge in [0.2, 0.25) is 10.0 Å². The maximum atomic E-state index is 12.5. The van der Waals surface area contributed by atoms with Crippen LogP contribution in [0.5, 0.6) is 0 Å². The van der Waals surface area contributed by atoms with Crippen molar-refractivity contribution in [2.24, 2.45) is 5.14 Å². The highest BCUT2D eigenvalue weighted by Gasteiger charge is 2.32. The Kier molecular flexibility index (Phi) is 6.89. The number of halogens is 3. The van der Waals surface area contributed by atoms with Crippen molar-refractivity contribution in [1.82, 2.24) is 5.32 Å². The first-order valence-corrected chi connectivity index (χ1v) is 11.2. The van der Waals surface area contributed by atoms with Crippen LogP contribution in [0.4, 0.5) is 5.69 Å². The summed E-state index contributed by atoms with van der Waals surface area (Å²) in [5.74, 6) is -0.272. The zero-order valence-corrected chi connectivity index (χ0v) is 19.1. The van der Waals surface area contributed by atoms with Gasteiger partial charge < -0.3 is 10.6 Å². The number of sulfonamides is 1. The number of alkyl halides is 3. The predicted molar refractivity (Wildman–Crippen MR) is 113 cm³/mol. The number of nitrogens with one attached hydrogen (secondary N) is 2. The molecular weight excluding hydrogens is 554 g/mol. The second-order valence-corrected chi connectivity index (χ2v) is 14.0. The summed E-state index contributed by atoms with van der Waals surface area (Å²) in [6, 6.07) is 13.1. The molecule has 2 aromatic rings. The normalized spacial score (nSPS) is 13.1. The molecule has 0 bridgehead atoms. The smallest absolute Gasteiger partial charge is 0.252 e. The number of anilines is 1. The number of primary sulfonamides is 1. The van der Waals surface area contributed by atoms with Crippen molar-refractivity contribution >= 4 is 69.4 Å². The second kappa shape index (κ2) is 8.39. The largest absolute Gasteiger partial charge is 0.363 e. The van der Waals surface area contributed by atoms with Crippen molar-refractivity contribution < 1.29 is 13.2 Å². The van der Waals surface area contributed by atoms with Crippen molar-refractivity contribution in [3.8, 4) is 0 Å². The molecule has 0 aliphatic carbocycles. The Balaban J connectivity index is 2.17. The van der Waals surface area contributed by atoms with Gasteiger partial charge in [0.15, 0.2) is 2.14 Å². The fourth-order valence-corrected chi connectivity index (χ4v) is 3.23. The van der Waals surface area contributed by atoms with Gasteiger partial charge in [-0.3, -0.25) is 4.79 Å². The fourth-order valence-electron chi connectivity index (χ4n) is 2.03. The molecule has 0 saturated heterocycles. The minimum atomic E-state index is -3.76. The summed E-state index contributed by atoms with van der Waals surface area (Å²) in [6.45, 7) is 1.94. The number of hydrogen-bond acceptors (Lipinski definition) is 4. The molecule has 0 aromatic heterocycles. The summed E-state index contributed by atoms with van der Waals surface area (Å²) in [7, 11) is -3.76. The highest BCUT2D eigenvalue weighted by atomic mass is 80.0. The summed E-state index contributed by atoms with van der Waals surface area (Å²) >= 11 is 10.2. The van der Waals surface area contributed by atoms with Gasteiger partial charge in [-0.15, -0.1) is 0 Å². The molecule has 140 valence electrons. The zero-order chi connectivity index (χ0) is 19.5. The van der Waals surface area contributed by atoms with Crippen molar-refractivity contribution in [1.29, 1.82) is 0 Å². The van der Waals surface area contributed by atoms with Gasteiger partial charge in [0.25, 0.3) is 5.91 Å². The van der Waals surface area contributed by atoms with Gasteiger partial charge in [0.1, 0.15) is 6.17 Å². The molecule has 1 amide bonds. The highest BCUT2D eigenvalue weighted by Crippen LogP contribution is 2.37. The predicted octanol–water partition coefficient (Wildman–Crippen LogP) is 3.65. The van der Waals surface area contributed by atoms with E-state index < -0.39 is 18.3 Å². The monoisotopic (exact) mass is 567 g/mol. The maximum absolute atomic E-state index is 12.5. The van der Waals surface area contributed by atoms with Crippen LogP contribution in [0, 0.1) is 6.92 Å². The molecule has 0 aliphatic heterocycles. The average molecular weight is 570 g/mol. The lowest BCUT2D eigenvalue weighted by molar-refractivity contribution is 0.0943. The lowest BCUT2D eigenvalue weighted by Gasteiger charge is -2.28. The third-order valence-electron chi connectivity index (χ3n) is 3.41. The topological polar surface area (TPSA) is 101 Å². The van der Waals surface area contributed by atoms with Crippen LogP contribution in [0.2, 0.25) is 0 Å². The van der Waals surface area contributed by atoms with E-state index in [0.717, 1.165) is 5.56 Å². The van der Waals surface area contributed by atoms with Crippen molar-refractivity contribution in [2.45, 2.75) is 20.1 Å². The van der Waals surface area contributed by atoms with Crippen LogP contribution < -0.4 is 15.8 Å². The van der Waals surface area contributed by atoms with Gasteiger partial charge in [-0.1, -0.05) is 65.5 Å². The second-order valence-electron chi connectivity index (χ2n) is 5.53. The summed E-state index contributed by atoms with van der Waals surface area (Å²) < 4.78 is 21.8. The molecule has 0 aliphatic rings. The van der Waals surface area contributed by atoms with Crippen molar-refractivity contribution in [3.05, 3.63) is 59.7 Å². The third-order valence-corrected chi connectivity index (χ3v) is 5.71. The Labute approximate surface area is 177 Å². The Morgan fingerprint density at radius 1 is 1.04 bits per heavy atom. The van der Waals surface area contributed by atoms with E-state index in [1.54, 1.807) is 24.3 Å². The summed E-state index contributed by atoms with van der Waals surface area (Å²) in [5.41, 5.74) is 2.17. The molecule has 4 N–H and O–H groups in total. The molecule has 0 fully saturated rings. The lowest BCUT2D eigenvalue weighted by atomic mass is 10.1. The van der Waals surface area contributed by atoms with Crippen LogP contribution in [-0.4, -0.2) is 22.6 Å². The molecule has 1 atom stereocenters. The Bertz CT molecular complexity index is 880. The van der Waals surface area contributed by atoms with Crippen LogP contribution >= 0.6 is 47.8 Å². The summed E-state index contributed by atoms with van der Waals surface area (Å²) in [5, 5.41) is 11.0. The molecule has 10 heteroatoms. The number of hydrogen-bond donors (Lipinski definition) is 3. The number of carbonyl (C=O) groups excluding carboxylic acids is 1. The van der Waals surface area contributed by atoms with Gasteiger partial charge in [-0.05, 0) is 43.3 Å². The first-order valence-electron chi connectivity index (χ1n) is 7.30. The molecule has 26 heavy (non-hydrogen) atoms. The van der Waals surface area contributed by atoms with Crippen LogP contribution in [0.15, 0.2) is 53.4 Å². The Morgan fingerprint density at radius 3 is 2.04 bits per heavy atom. The number of amides is 1. The van der Waals surface area contributed by atoms with Gasteiger partial charge in [0, 0.05) is 11.3 Å². The fraction of sp³-hybridized carbons (Fsp3) is 0.188. The standard InChI is InChI=1S/C16H16Br3N3O3S/c1-10-2-4-11(5-3-10)14(23)22-15(16(17,18)19)21-12-6-8-13(9-7-12)26(20,24)25/h2-9,15,21H,1H3,(H,22,23)(H2,20,24,25)/t15-/m1/s1. The number of benzene rings is 2. The van der Waals surface area contributed by atoms with Crippen LogP contribution in [0.25, 0.3) is 0 Å². The van der Waals surface area contributed by atoms with E-state index in [1.807, 2.05) is 19.1 Å². The van der Waals surface area contributed by atoms with Crippen LogP contribution in [0.1, 0.15) is 15.9 Å². The van der Waals surface area contributed by atoms with Gasteiger partial charge in [-0.2, -0.15) is 0 Å². The Hall–Kier alpha value is -0.940. The quantitative estimate of drug-likeness (QED) is 0.378. The molecule has 2 aromatic carbocycles. The van der Waals surface area contributed by atoms with E-state index in [1.165, 1.54) is 12.1 Å². The van der Waals surface area contributed by atoms with E-state index in [2.05, 4.69) is 58.4 Å². The molecule has 0 spiro atoms. The average Bonchev–Trinajstić information content (AvgIpc) is 2.53.